The molecule has 1 unspecified atom stereocenters. The molecule has 0 saturated carbocycles. The second-order valence-electron chi connectivity index (χ2n) is 1.61. The molecule has 2 N–H and O–H groups in total. The van der Waals surface area contributed by atoms with Gasteiger partial charge in [-0.3, -0.25) is 0 Å². The topological polar surface area (TPSA) is 53.4 Å². The van der Waals surface area contributed by atoms with E-state index in [0.717, 1.165) is 0 Å². The van der Waals surface area contributed by atoms with Crippen LogP contribution in [0.5, 0.6) is 0 Å². The van der Waals surface area contributed by atoms with E-state index in [2.05, 4.69) is 4.98 Å². The van der Waals surface area contributed by atoms with Crippen molar-refractivity contribution < 1.29 is 10.2 Å². The molecule has 1 aromatic heterocycles. The number of aliphatic hydroxyl groups excluding tert-OH is 2. The van der Waals surface area contributed by atoms with Crippen molar-refractivity contribution in [1.82, 2.24) is 4.98 Å². The molecule has 0 aliphatic heterocycles. The lowest BCUT2D eigenvalue weighted by atomic mass is 10.3. The largest absolute Gasteiger partial charge is 0.393 e. The first-order valence-corrected chi connectivity index (χ1v) is 3.46. The fraction of sp³-hybridized carbons (Fsp3) is 0.400. The van der Waals surface area contributed by atoms with Crippen LogP contribution in [0.2, 0.25) is 0 Å². The van der Waals surface area contributed by atoms with Crippen molar-refractivity contribution >= 4 is 23.7 Å². The minimum atomic E-state index is -0.809. The molecular weight excluding hydrogens is 174 g/mol. The predicted octanol–water partition coefficient (Wildman–Crippen LogP) is 0.591. The Hall–Kier alpha value is -0.160. The Balaban J connectivity index is 0.000000810. The third-order valence-corrected chi connectivity index (χ3v) is 1.57. The minimum absolute atomic E-state index is 0. The number of hydrogen-bond donors (Lipinski definition) is 2. The molecule has 0 bridgehead atoms. The fourth-order valence-electron chi connectivity index (χ4n) is 0.480. The van der Waals surface area contributed by atoms with Crippen LogP contribution in [0.3, 0.4) is 0 Å². The number of halogens is 1. The van der Waals surface area contributed by atoms with E-state index in [9.17, 15) is 0 Å². The summed E-state index contributed by atoms with van der Waals surface area (Å²) in [5, 5.41) is 19.0. The Kier molecular flexibility index (Phi) is 4.55. The van der Waals surface area contributed by atoms with Gasteiger partial charge in [-0.15, -0.1) is 23.7 Å². The van der Waals surface area contributed by atoms with Gasteiger partial charge < -0.3 is 10.2 Å². The van der Waals surface area contributed by atoms with E-state index in [-0.39, 0.29) is 19.0 Å². The van der Waals surface area contributed by atoms with Gasteiger partial charge in [-0.1, -0.05) is 0 Å². The lowest BCUT2D eigenvalue weighted by molar-refractivity contribution is 0.0927. The van der Waals surface area contributed by atoms with Crippen LogP contribution in [-0.4, -0.2) is 21.8 Å². The van der Waals surface area contributed by atoms with Crippen LogP contribution in [0.25, 0.3) is 0 Å². The zero-order chi connectivity index (χ0) is 6.69. The average molecular weight is 182 g/mol. The summed E-state index contributed by atoms with van der Waals surface area (Å²) in [7, 11) is 0. The van der Waals surface area contributed by atoms with Crippen molar-refractivity contribution in [2.75, 3.05) is 6.61 Å². The summed E-state index contributed by atoms with van der Waals surface area (Å²) >= 11 is 1.40. The fourth-order valence-corrected chi connectivity index (χ4v) is 1.08. The second kappa shape index (κ2) is 4.62. The third-order valence-electron chi connectivity index (χ3n) is 0.966. The highest BCUT2D eigenvalue weighted by Gasteiger charge is 2.05. The SMILES string of the molecule is Cl.OCC(O)c1cscn1. The molecule has 5 heteroatoms. The number of aliphatic hydroxyl groups is 2. The average Bonchev–Trinajstić information content (AvgIpc) is 2.37. The number of thiazole rings is 1. The van der Waals surface area contributed by atoms with Crippen LogP contribution in [-0.2, 0) is 0 Å². The third kappa shape index (κ3) is 2.22. The molecule has 1 aromatic rings. The highest BCUT2D eigenvalue weighted by Crippen LogP contribution is 2.10. The van der Waals surface area contributed by atoms with Gasteiger partial charge in [0.15, 0.2) is 0 Å². The molecule has 58 valence electrons. The number of rotatable bonds is 2. The molecule has 0 fully saturated rings. The smallest absolute Gasteiger partial charge is 0.120 e. The zero-order valence-corrected chi connectivity index (χ0v) is 6.73. The predicted molar refractivity (Wildman–Crippen MR) is 41.4 cm³/mol. The number of hydrogen-bond acceptors (Lipinski definition) is 4. The highest BCUT2D eigenvalue weighted by atomic mass is 35.5. The normalized spacial score (nSPS) is 12.2. The van der Waals surface area contributed by atoms with E-state index in [1.807, 2.05) is 0 Å². The molecule has 1 rings (SSSR count). The summed E-state index contributed by atoms with van der Waals surface area (Å²) in [6.07, 6.45) is -0.809. The number of aromatic nitrogens is 1. The van der Waals surface area contributed by atoms with Gasteiger partial charge in [0.1, 0.15) is 6.10 Å². The van der Waals surface area contributed by atoms with Gasteiger partial charge in [0, 0.05) is 5.38 Å². The lowest BCUT2D eigenvalue weighted by Gasteiger charge is -1.99. The van der Waals surface area contributed by atoms with Crippen molar-refractivity contribution in [3.05, 3.63) is 16.6 Å². The first kappa shape index (κ1) is 9.84. The van der Waals surface area contributed by atoms with E-state index < -0.39 is 6.10 Å². The van der Waals surface area contributed by atoms with Crippen molar-refractivity contribution in [3.8, 4) is 0 Å². The van der Waals surface area contributed by atoms with Crippen molar-refractivity contribution in [2.45, 2.75) is 6.10 Å². The maximum Gasteiger partial charge on any atom is 0.120 e. The van der Waals surface area contributed by atoms with Crippen LogP contribution < -0.4 is 0 Å². The molecule has 0 saturated heterocycles. The summed E-state index contributed by atoms with van der Waals surface area (Å²) in [4.78, 5) is 3.80. The van der Waals surface area contributed by atoms with E-state index in [0.29, 0.717) is 5.69 Å². The van der Waals surface area contributed by atoms with Crippen molar-refractivity contribution in [1.29, 1.82) is 0 Å². The van der Waals surface area contributed by atoms with Gasteiger partial charge in [-0.05, 0) is 0 Å². The van der Waals surface area contributed by atoms with Crippen LogP contribution in [0, 0.1) is 0 Å². The Labute approximate surface area is 68.8 Å². The molecule has 3 nitrogen and oxygen atoms in total. The summed E-state index contributed by atoms with van der Waals surface area (Å²) in [6, 6.07) is 0. The molecule has 1 atom stereocenters. The lowest BCUT2D eigenvalue weighted by Crippen LogP contribution is -2.01. The van der Waals surface area contributed by atoms with Crippen molar-refractivity contribution in [3.63, 3.8) is 0 Å². The molecule has 0 aliphatic rings. The van der Waals surface area contributed by atoms with Gasteiger partial charge in [-0.25, -0.2) is 4.98 Å². The summed E-state index contributed by atoms with van der Waals surface area (Å²) < 4.78 is 0. The second-order valence-corrected chi connectivity index (χ2v) is 2.33. The molecule has 10 heavy (non-hydrogen) atoms. The van der Waals surface area contributed by atoms with Crippen molar-refractivity contribution in [2.24, 2.45) is 0 Å². The molecule has 0 amide bonds. The molecular formula is C5H8ClNO2S. The first-order chi connectivity index (χ1) is 4.34. The molecule has 0 aliphatic carbocycles. The quantitative estimate of drug-likeness (QED) is 0.702. The maximum atomic E-state index is 8.91. The van der Waals surface area contributed by atoms with Gasteiger partial charge in [-0.2, -0.15) is 0 Å². The summed E-state index contributed by atoms with van der Waals surface area (Å²) in [5.74, 6) is 0. The molecule has 0 radical (unpaired) electrons. The Morgan fingerprint density at radius 3 is 2.80 bits per heavy atom. The highest BCUT2D eigenvalue weighted by molar-refractivity contribution is 7.07. The van der Waals surface area contributed by atoms with Crippen LogP contribution in [0.15, 0.2) is 10.9 Å². The monoisotopic (exact) mass is 181 g/mol. The van der Waals surface area contributed by atoms with Gasteiger partial charge in [0.25, 0.3) is 0 Å². The zero-order valence-electron chi connectivity index (χ0n) is 5.10. The van der Waals surface area contributed by atoms with Crippen LogP contribution in [0.1, 0.15) is 11.8 Å². The maximum absolute atomic E-state index is 8.91. The standard InChI is InChI=1S/C5H7NO2S.ClH/c7-1-5(8)4-2-9-3-6-4;/h2-3,5,7-8H,1H2;1H. The number of nitrogens with zero attached hydrogens (tertiary/aromatic N) is 1. The molecule has 0 aromatic carbocycles. The van der Waals surface area contributed by atoms with Gasteiger partial charge in [0.05, 0.1) is 17.8 Å². The Morgan fingerprint density at radius 1 is 1.70 bits per heavy atom. The van der Waals surface area contributed by atoms with E-state index in [1.165, 1.54) is 11.3 Å². The van der Waals surface area contributed by atoms with E-state index in [4.69, 9.17) is 10.2 Å². The first-order valence-electron chi connectivity index (χ1n) is 2.51. The van der Waals surface area contributed by atoms with Crippen LogP contribution >= 0.6 is 23.7 Å². The van der Waals surface area contributed by atoms with Gasteiger partial charge in [0.2, 0.25) is 0 Å². The van der Waals surface area contributed by atoms with E-state index in [1.54, 1.807) is 10.9 Å². The Morgan fingerprint density at radius 2 is 2.40 bits per heavy atom. The Bertz CT molecular complexity index is 168. The molecule has 1 heterocycles. The summed E-state index contributed by atoms with van der Waals surface area (Å²) in [6.45, 7) is -0.260. The summed E-state index contributed by atoms with van der Waals surface area (Å²) in [5.41, 5.74) is 2.16. The van der Waals surface area contributed by atoms with Gasteiger partial charge >= 0.3 is 0 Å². The molecule has 0 spiro atoms. The van der Waals surface area contributed by atoms with Crippen LogP contribution in [0.4, 0.5) is 0 Å². The van der Waals surface area contributed by atoms with E-state index >= 15 is 0 Å². The minimum Gasteiger partial charge on any atom is -0.393 e.